The number of carbonyl (C=O) groups is 1. The van der Waals surface area contributed by atoms with Crippen molar-refractivity contribution < 1.29 is 13.9 Å². The summed E-state index contributed by atoms with van der Waals surface area (Å²) in [5.41, 5.74) is 1.09. The minimum Gasteiger partial charge on any atom is -0.484 e. The van der Waals surface area contributed by atoms with E-state index in [0.717, 1.165) is 10.0 Å². The number of ether oxygens (including phenoxy) is 1. The molecule has 4 aromatic rings. The van der Waals surface area contributed by atoms with Crippen molar-refractivity contribution in [2.45, 2.75) is 13.2 Å². The van der Waals surface area contributed by atoms with Gasteiger partial charge in [0.05, 0.1) is 11.0 Å². The summed E-state index contributed by atoms with van der Waals surface area (Å²) in [6.07, 6.45) is 1.57. The SMILES string of the molecule is O=C(Nc1ncn(Cc2ccccc2)n1)c1ccc(COc2ccccc2Br)o1. The summed E-state index contributed by atoms with van der Waals surface area (Å²) in [5, 5.41) is 6.90. The summed E-state index contributed by atoms with van der Waals surface area (Å²) in [6, 6.07) is 20.7. The van der Waals surface area contributed by atoms with E-state index in [2.05, 4.69) is 31.3 Å². The van der Waals surface area contributed by atoms with Crippen molar-refractivity contribution in [1.29, 1.82) is 0 Å². The highest BCUT2D eigenvalue weighted by atomic mass is 79.9. The van der Waals surface area contributed by atoms with Gasteiger partial charge in [-0.2, -0.15) is 0 Å². The van der Waals surface area contributed by atoms with E-state index in [9.17, 15) is 4.79 Å². The zero-order valence-corrected chi connectivity index (χ0v) is 16.9. The van der Waals surface area contributed by atoms with Crippen LogP contribution in [0.25, 0.3) is 0 Å². The Morgan fingerprint density at radius 1 is 1.07 bits per heavy atom. The molecule has 8 heteroatoms. The Morgan fingerprint density at radius 2 is 1.86 bits per heavy atom. The largest absolute Gasteiger partial charge is 0.484 e. The van der Waals surface area contributed by atoms with E-state index in [-0.39, 0.29) is 18.3 Å². The zero-order chi connectivity index (χ0) is 20.1. The van der Waals surface area contributed by atoms with E-state index >= 15 is 0 Å². The van der Waals surface area contributed by atoms with Crippen LogP contribution in [0.15, 0.2) is 81.9 Å². The Balaban J connectivity index is 1.34. The van der Waals surface area contributed by atoms with Crippen LogP contribution in [-0.4, -0.2) is 20.7 Å². The van der Waals surface area contributed by atoms with E-state index in [1.54, 1.807) is 23.1 Å². The molecule has 0 aliphatic rings. The van der Waals surface area contributed by atoms with Gasteiger partial charge >= 0.3 is 0 Å². The third-order valence-electron chi connectivity index (χ3n) is 4.04. The molecule has 146 valence electrons. The predicted octanol–water partition coefficient (Wildman–Crippen LogP) is 4.51. The Bertz CT molecular complexity index is 1110. The highest BCUT2D eigenvalue weighted by molar-refractivity contribution is 9.10. The van der Waals surface area contributed by atoms with Gasteiger partial charge in [-0.3, -0.25) is 10.1 Å². The summed E-state index contributed by atoms with van der Waals surface area (Å²) < 4.78 is 13.8. The monoisotopic (exact) mass is 452 g/mol. The number of para-hydroxylation sites is 1. The molecular formula is C21H17BrN4O3. The molecule has 0 atom stereocenters. The molecule has 0 bridgehead atoms. The lowest BCUT2D eigenvalue weighted by molar-refractivity contribution is 0.0991. The fourth-order valence-electron chi connectivity index (χ4n) is 2.65. The molecule has 1 N–H and O–H groups in total. The minimum atomic E-state index is -0.422. The third kappa shape index (κ3) is 4.91. The highest BCUT2D eigenvalue weighted by Crippen LogP contribution is 2.25. The van der Waals surface area contributed by atoms with Gasteiger partial charge in [-0.05, 0) is 45.8 Å². The molecular weight excluding hydrogens is 436 g/mol. The van der Waals surface area contributed by atoms with Crippen LogP contribution in [0.3, 0.4) is 0 Å². The summed E-state index contributed by atoms with van der Waals surface area (Å²) in [7, 11) is 0. The molecule has 4 rings (SSSR count). The van der Waals surface area contributed by atoms with Gasteiger partial charge in [0.15, 0.2) is 5.76 Å². The number of aromatic nitrogens is 3. The molecule has 7 nitrogen and oxygen atoms in total. The number of nitrogens with one attached hydrogen (secondary N) is 1. The molecule has 2 aromatic carbocycles. The predicted molar refractivity (Wildman–Crippen MR) is 111 cm³/mol. The normalized spacial score (nSPS) is 10.7. The molecule has 29 heavy (non-hydrogen) atoms. The van der Waals surface area contributed by atoms with Crippen LogP contribution in [0.2, 0.25) is 0 Å². The number of benzene rings is 2. The first-order valence-electron chi connectivity index (χ1n) is 8.88. The minimum absolute atomic E-state index is 0.162. The van der Waals surface area contributed by atoms with E-state index in [4.69, 9.17) is 9.15 Å². The number of halogens is 1. The average molecular weight is 453 g/mol. The van der Waals surface area contributed by atoms with Crippen LogP contribution < -0.4 is 10.1 Å². The number of furan rings is 1. The first kappa shape index (κ1) is 18.9. The van der Waals surface area contributed by atoms with Gasteiger partial charge in [0.2, 0.25) is 5.95 Å². The van der Waals surface area contributed by atoms with Gasteiger partial charge in [-0.25, -0.2) is 9.67 Å². The summed E-state index contributed by atoms with van der Waals surface area (Å²) in [4.78, 5) is 16.5. The maximum absolute atomic E-state index is 12.4. The number of anilines is 1. The molecule has 0 aliphatic heterocycles. The van der Waals surface area contributed by atoms with Crippen LogP contribution in [0.5, 0.6) is 5.75 Å². The Hall–Kier alpha value is -3.39. The van der Waals surface area contributed by atoms with Crippen molar-refractivity contribution in [3.05, 3.63) is 94.6 Å². The molecule has 1 amide bonds. The molecule has 0 saturated heterocycles. The quantitative estimate of drug-likeness (QED) is 0.445. The number of nitrogens with zero attached hydrogens (tertiary/aromatic N) is 3. The Morgan fingerprint density at radius 3 is 2.69 bits per heavy atom. The van der Waals surface area contributed by atoms with Crippen LogP contribution >= 0.6 is 15.9 Å². The number of rotatable bonds is 7. The summed E-state index contributed by atoms with van der Waals surface area (Å²) in [6.45, 7) is 0.779. The van der Waals surface area contributed by atoms with E-state index in [1.807, 2.05) is 54.6 Å². The van der Waals surface area contributed by atoms with E-state index in [0.29, 0.717) is 18.1 Å². The third-order valence-corrected chi connectivity index (χ3v) is 4.70. The maximum Gasteiger partial charge on any atom is 0.293 e. The van der Waals surface area contributed by atoms with Crippen molar-refractivity contribution in [2.75, 3.05) is 5.32 Å². The lowest BCUT2D eigenvalue weighted by atomic mass is 10.2. The van der Waals surface area contributed by atoms with Gasteiger partial charge in [-0.15, -0.1) is 5.10 Å². The zero-order valence-electron chi connectivity index (χ0n) is 15.3. The van der Waals surface area contributed by atoms with E-state index in [1.165, 1.54) is 0 Å². The Labute approximate surface area is 175 Å². The molecule has 2 heterocycles. The van der Waals surface area contributed by atoms with Crippen LogP contribution in [-0.2, 0) is 13.2 Å². The summed E-state index contributed by atoms with van der Waals surface area (Å²) >= 11 is 3.42. The lowest BCUT2D eigenvalue weighted by Gasteiger charge is -2.05. The van der Waals surface area contributed by atoms with Crippen molar-refractivity contribution in [1.82, 2.24) is 14.8 Å². The van der Waals surface area contributed by atoms with E-state index < -0.39 is 5.91 Å². The second kappa shape index (κ2) is 8.74. The first-order chi connectivity index (χ1) is 14.2. The highest BCUT2D eigenvalue weighted by Gasteiger charge is 2.14. The van der Waals surface area contributed by atoms with Crippen LogP contribution in [0.4, 0.5) is 5.95 Å². The van der Waals surface area contributed by atoms with Crippen molar-refractivity contribution in [3.63, 3.8) is 0 Å². The van der Waals surface area contributed by atoms with Crippen molar-refractivity contribution in [2.24, 2.45) is 0 Å². The molecule has 0 aliphatic carbocycles. The molecule has 0 unspecified atom stereocenters. The number of amides is 1. The molecule has 0 radical (unpaired) electrons. The van der Waals surface area contributed by atoms with Crippen molar-refractivity contribution >= 4 is 27.8 Å². The van der Waals surface area contributed by atoms with Gasteiger partial charge in [-0.1, -0.05) is 42.5 Å². The average Bonchev–Trinajstić information content (AvgIpc) is 3.38. The lowest BCUT2D eigenvalue weighted by Crippen LogP contribution is -2.12. The second-order valence-electron chi connectivity index (χ2n) is 6.19. The molecule has 2 aromatic heterocycles. The van der Waals surface area contributed by atoms with Gasteiger partial charge < -0.3 is 9.15 Å². The Kier molecular flexibility index (Phi) is 5.71. The fourth-order valence-corrected chi connectivity index (χ4v) is 3.05. The smallest absolute Gasteiger partial charge is 0.293 e. The molecule has 0 fully saturated rings. The van der Waals surface area contributed by atoms with Crippen LogP contribution in [0.1, 0.15) is 21.9 Å². The van der Waals surface area contributed by atoms with Gasteiger partial charge in [0, 0.05) is 0 Å². The fraction of sp³-hybridized carbons (Fsp3) is 0.0952. The first-order valence-corrected chi connectivity index (χ1v) is 9.67. The summed E-state index contributed by atoms with van der Waals surface area (Å²) in [5.74, 6) is 1.19. The number of hydrogen-bond acceptors (Lipinski definition) is 5. The van der Waals surface area contributed by atoms with Crippen LogP contribution in [0, 0.1) is 0 Å². The van der Waals surface area contributed by atoms with Gasteiger partial charge in [0.1, 0.15) is 24.4 Å². The number of hydrogen-bond donors (Lipinski definition) is 1. The topological polar surface area (TPSA) is 82.2 Å². The standard InChI is InChI=1S/C21H17BrN4O3/c22-17-8-4-5-9-18(17)28-13-16-10-11-19(29-16)20(27)24-21-23-14-26(25-21)12-15-6-2-1-3-7-15/h1-11,14H,12-13H2,(H,24,25,27). The van der Waals surface area contributed by atoms with Crippen molar-refractivity contribution in [3.8, 4) is 5.75 Å². The van der Waals surface area contributed by atoms with Gasteiger partial charge in [0.25, 0.3) is 5.91 Å². The second-order valence-corrected chi connectivity index (χ2v) is 7.04. The molecule has 0 spiro atoms. The number of carbonyl (C=O) groups excluding carboxylic acids is 1. The molecule has 0 saturated carbocycles. The maximum atomic E-state index is 12.4.